The Morgan fingerprint density at radius 1 is 1.25 bits per heavy atom. The molecular formula is C11H15N5. The molecule has 0 saturated heterocycles. The first-order valence-electron chi connectivity index (χ1n) is 5.34. The molecule has 5 heteroatoms. The maximum absolute atomic E-state index is 4.26. The van der Waals surface area contributed by atoms with E-state index in [1.165, 1.54) is 0 Å². The molecule has 2 aromatic heterocycles. The highest BCUT2D eigenvalue weighted by Crippen LogP contribution is 2.19. The van der Waals surface area contributed by atoms with Gasteiger partial charge in [-0.05, 0) is 13.3 Å². The Balaban J connectivity index is 2.17. The molecular weight excluding hydrogens is 202 g/mol. The molecule has 2 aromatic rings. The summed E-state index contributed by atoms with van der Waals surface area (Å²) in [5, 5.41) is 3.33. The number of aromatic nitrogens is 4. The van der Waals surface area contributed by atoms with Crippen molar-refractivity contribution >= 4 is 5.82 Å². The van der Waals surface area contributed by atoms with Crippen molar-refractivity contribution in [3.05, 3.63) is 36.3 Å². The second-order valence-corrected chi connectivity index (χ2v) is 3.57. The molecule has 0 aromatic carbocycles. The Labute approximate surface area is 94.4 Å². The van der Waals surface area contributed by atoms with Gasteiger partial charge in [-0.2, -0.15) is 0 Å². The van der Waals surface area contributed by atoms with E-state index in [2.05, 4.69) is 32.2 Å². The summed E-state index contributed by atoms with van der Waals surface area (Å²) in [6, 6.07) is 0.144. The van der Waals surface area contributed by atoms with Crippen LogP contribution in [-0.4, -0.2) is 19.9 Å². The smallest absolute Gasteiger partial charge is 0.148 e. The maximum atomic E-state index is 4.26. The lowest BCUT2D eigenvalue weighted by Gasteiger charge is -2.15. The second kappa shape index (κ2) is 4.74. The molecule has 16 heavy (non-hydrogen) atoms. The summed E-state index contributed by atoms with van der Waals surface area (Å²) in [5.41, 5.74) is 0.896. The van der Waals surface area contributed by atoms with Gasteiger partial charge in [0.25, 0.3) is 0 Å². The molecule has 2 N–H and O–H groups in total. The van der Waals surface area contributed by atoms with E-state index >= 15 is 0 Å². The number of aromatic amines is 1. The molecule has 2 rings (SSSR count). The largest absolute Gasteiger partial charge is 0.359 e. The fourth-order valence-electron chi connectivity index (χ4n) is 1.55. The van der Waals surface area contributed by atoms with Crippen LogP contribution in [0.15, 0.2) is 24.8 Å². The number of rotatable bonds is 4. The van der Waals surface area contributed by atoms with Crippen LogP contribution in [0.25, 0.3) is 0 Å². The van der Waals surface area contributed by atoms with E-state index in [0.717, 1.165) is 23.8 Å². The lowest BCUT2D eigenvalue weighted by molar-refractivity contribution is 0.698. The molecule has 0 aliphatic rings. The summed E-state index contributed by atoms with van der Waals surface area (Å²) in [6.07, 6.45) is 7.88. The van der Waals surface area contributed by atoms with Crippen LogP contribution in [0.1, 0.15) is 30.9 Å². The summed E-state index contributed by atoms with van der Waals surface area (Å²) >= 11 is 0. The van der Waals surface area contributed by atoms with Crippen molar-refractivity contribution in [2.75, 3.05) is 5.32 Å². The van der Waals surface area contributed by atoms with E-state index in [0.29, 0.717) is 0 Å². The van der Waals surface area contributed by atoms with Gasteiger partial charge in [-0.25, -0.2) is 9.97 Å². The van der Waals surface area contributed by atoms with Gasteiger partial charge in [0.1, 0.15) is 11.6 Å². The molecule has 0 aliphatic heterocycles. The van der Waals surface area contributed by atoms with E-state index in [1.54, 1.807) is 18.6 Å². The van der Waals surface area contributed by atoms with Gasteiger partial charge >= 0.3 is 0 Å². The fourth-order valence-corrected chi connectivity index (χ4v) is 1.55. The quantitative estimate of drug-likeness (QED) is 0.822. The Morgan fingerprint density at radius 3 is 2.69 bits per heavy atom. The average molecular weight is 217 g/mol. The molecule has 0 radical (unpaired) electrons. The Kier molecular flexibility index (Phi) is 3.14. The minimum absolute atomic E-state index is 0.144. The molecule has 84 valence electrons. The summed E-state index contributed by atoms with van der Waals surface area (Å²) < 4.78 is 0. The highest BCUT2D eigenvalue weighted by Gasteiger charge is 2.12. The molecule has 0 amide bonds. The third-order valence-electron chi connectivity index (χ3n) is 2.45. The van der Waals surface area contributed by atoms with Gasteiger partial charge in [0, 0.05) is 24.8 Å². The number of hydrogen-bond donors (Lipinski definition) is 2. The zero-order chi connectivity index (χ0) is 11.4. The lowest BCUT2D eigenvalue weighted by Crippen LogP contribution is -2.13. The first kappa shape index (κ1) is 10.6. The molecule has 0 bridgehead atoms. The van der Waals surface area contributed by atoms with Crippen LogP contribution < -0.4 is 5.32 Å². The third kappa shape index (κ3) is 2.18. The van der Waals surface area contributed by atoms with Crippen molar-refractivity contribution in [3.63, 3.8) is 0 Å². The zero-order valence-electron chi connectivity index (χ0n) is 9.44. The molecule has 1 unspecified atom stereocenters. The predicted molar refractivity (Wildman–Crippen MR) is 62.0 cm³/mol. The predicted octanol–water partition coefficient (Wildman–Crippen LogP) is 2.07. The standard InChI is InChI=1S/C11H15N5/c1-3-9(11-14-6-7-15-11)16-10-8(2)12-4-5-13-10/h4-7,9H,3H2,1-2H3,(H,13,16)(H,14,15). The molecule has 0 saturated carbocycles. The third-order valence-corrected chi connectivity index (χ3v) is 2.45. The van der Waals surface area contributed by atoms with E-state index in [4.69, 9.17) is 0 Å². The van der Waals surface area contributed by atoms with Gasteiger partial charge in [0.05, 0.1) is 11.7 Å². The molecule has 5 nitrogen and oxygen atoms in total. The van der Waals surface area contributed by atoms with E-state index < -0.39 is 0 Å². The lowest BCUT2D eigenvalue weighted by atomic mass is 10.2. The molecule has 2 heterocycles. The van der Waals surface area contributed by atoms with Crippen LogP contribution >= 0.6 is 0 Å². The number of anilines is 1. The van der Waals surface area contributed by atoms with Crippen LogP contribution in [0.4, 0.5) is 5.82 Å². The van der Waals surface area contributed by atoms with Gasteiger partial charge in [-0.3, -0.25) is 4.98 Å². The van der Waals surface area contributed by atoms with E-state index in [-0.39, 0.29) is 6.04 Å². The zero-order valence-corrected chi connectivity index (χ0v) is 9.44. The number of H-pyrrole nitrogens is 1. The Hall–Kier alpha value is -1.91. The highest BCUT2D eigenvalue weighted by atomic mass is 15.1. The number of nitrogens with one attached hydrogen (secondary N) is 2. The van der Waals surface area contributed by atoms with Crippen molar-refractivity contribution in [2.45, 2.75) is 26.3 Å². The van der Waals surface area contributed by atoms with Gasteiger partial charge in [-0.1, -0.05) is 6.92 Å². The van der Waals surface area contributed by atoms with Gasteiger partial charge in [0.2, 0.25) is 0 Å². The van der Waals surface area contributed by atoms with Gasteiger partial charge < -0.3 is 10.3 Å². The summed E-state index contributed by atoms with van der Waals surface area (Å²) in [6.45, 7) is 4.04. The minimum atomic E-state index is 0.144. The van der Waals surface area contributed by atoms with Crippen LogP contribution in [0.2, 0.25) is 0 Å². The highest BCUT2D eigenvalue weighted by molar-refractivity contribution is 5.40. The van der Waals surface area contributed by atoms with Crippen LogP contribution in [0, 0.1) is 6.92 Å². The van der Waals surface area contributed by atoms with Crippen molar-refractivity contribution in [2.24, 2.45) is 0 Å². The van der Waals surface area contributed by atoms with Crippen LogP contribution in [0.5, 0.6) is 0 Å². The topological polar surface area (TPSA) is 66.5 Å². The van der Waals surface area contributed by atoms with Crippen LogP contribution in [0.3, 0.4) is 0 Å². The SMILES string of the molecule is CCC(Nc1nccnc1C)c1ncc[nH]1. The number of aryl methyl sites for hydroxylation is 1. The number of nitrogens with zero attached hydrogens (tertiary/aromatic N) is 3. The summed E-state index contributed by atoms with van der Waals surface area (Å²) in [5.74, 6) is 1.73. The van der Waals surface area contributed by atoms with E-state index in [9.17, 15) is 0 Å². The van der Waals surface area contributed by atoms with Crippen molar-refractivity contribution in [1.29, 1.82) is 0 Å². The second-order valence-electron chi connectivity index (χ2n) is 3.57. The minimum Gasteiger partial charge on any atom is -0.359 e. The normalized spacial score (nSPS) is 12.4. The first-order valence-corrected chi connectivity index (χ1v) is 5.34. The molecule has 0 fully saturated rings. The monoisotopic (exact) mass is 217 g/mol. The molecule has 1 atom stereocenters. The van der Waals surface area contributed by atoms with Gasteiger partial charge in [0.15, 0.2) is 0 Å². The first-order chi connectivity index (χ1) is 7.81. The maximum Gasteiger partial charge on any atom is 0.148 e. The Bertz CT molecular complexity index is 437. The van der Waals surface area contributed by atoms with Crippen LogP contribution in [-0.2, 0) is 0 Å². The average Bonchev–Trinajstić information content (AvgIpc) is 2.81. The molecule has 0 spiro atoms. The van der Waals surface area contributed by atoms with E-state index in [1.807, 2.05) is 13.1 Å². The van der Waals surface area contributed by atoms with Gasteiger partial charge in [-0.15, -0.1) is 0 Å². The molecule has 0 aliphatic carbocycles. The fraction of sp³-hybridized carbons (Fsp3) is 0.364. The number of imidazole rings is 1. The Morgan fingerprint density at radius 2 is 2.06 bits per heavy atom. The number of hydrogen-bond acceptors (Lipinski definition) is 4. The van der Waals surface area contributed by atoms with Crippen molar-refractivity contribution in [1.82, 2.24) is 19.9 Å². The summed E-state index contributed by atoms with van der Waals surface area (Å²) in [7, 11) is 0. The van der Waals surface area contributed by atoms with Crippen molar-refractivity contribution in [3.8, 4) is 0 Å². The van der Waals surface area contributed by atoms with Crippen molar-refractivity contribution < 1.29 is 0 Å². The summed E-state index contributed by atoms with van der Waals surface area (Å²) in [4.78, 5) is 15.8.